The van der Waals surface area contributed by atoms with Crippen molar-refractivity contribution in [1.29, 1.82) is 0 Å². The van der Waals surface area contributed by atoms with Gasteiger partial charge in [-0.15, -0.1) is 0 Å². The van der Waals surface area contributed by atoms with Gasteiger partial charge in [-0.05, 0) is 37.1 Å². The van der Waals surface area contributed by atoms with Crippen LogP contribution in [-0.4, -0.2) is 33.5 Å². The first kappa shape index (κ1) is 14.9. The van der Waals surface area contributed by atoms with E-state index < -0.39 is 12.0 Å². The van der Waals surface area contributed by atoms with Gasteiger partial charge in [-0.3, -0.25) is 14.7 Å². The predicted molar refractivity (Wildman–Crippen MR) is 89.7 cm³/mol. The summed E-state index contributed by atoms with van der Waals surface area (Å²) in [5, 5.41) is 10.6. The van der Waals surface area contributed by atoms with Crippen molar-refractivity contribution in [1.82, 2.24) is 9.88 Å². The third-order valence-corrected chi connectivity index (χ3v) is 4.62. The van der Waals surface area contributed by atoms with Crippen LogP contribution in [0.2, 0.25) is 0 Å². The number of likely N-dealkylation sites (tertiary alicyclic amines) is 1. The summed E-state index contributed by atoms with van der Waals surface area (Å²) < 4.78 is 5.63. The van der Waals surface area contributed by atoms with E-state index in [1.807, 2.05) is 53.4 Å². The van der Waals surface area contributed by atoms with E-state index in [-0.39, 0.29) is 6.04 Å². The third kappa shape index (κ3) is 2.57. The summed E-state index contributed by atoms with van der Waals surface area (Å²) in [7, 11) is 0. The zero-order valence-corrected chi connectivity index (χ0v) is 13.1. The number of rotatable bonds is 4. The van der Waals surface area contributed by atoms with Gasteiger partial charge in [0.25, 0.3) is 0 Å². The number of hydrogen-bond donors (Lipinski definition) is 1. The Hall–Kier alpha value is -2.66. The van der Waals surface area contributed by atoms with Crippen LogP contribution in [-0.2, 0) is 4.79 Å². The Balaban J connectivity index is 1.81. The van der Waals surface area contributed by atoms with Crippen LogP contribution in [0.4, 0.5) is 0 Å². The van der Waals surface area contributed by atoms with Crippen molar-refractivity contribution in [3.8, 4) is 0 Å². The normalized spacial score (nSPS) is 19.6. The Morgan fingerprint density at radius 1 is 1.21 bits per heavy atom. The molecule has 0 aliphatic carbocycles. The molecule has 3 heterocycles. The number of furan rings is 1. The Morgan fingerprint density at radius 3 is 2.88 bits per heavy atom. The van der Waals surface area contributed by atoms with Gasteiger partial charge in [-0.1, -0.05) is 24.3 Å². The molecular weight excluding hydrogens is 304 g/mol. The summed E-state index contributed by atoms with van der Waals surface area (Å²) >= 11 is 0. The molecule has 1 saturated heterocycles. The minimum absolute atomic E-state index is 0.284. The molecule has 0 spiro atoms. The van der Waals surface area contributed by atoms with Crippen molar-refractivity contribution in [2.24, 2.45) is 0 Å². The topological polar surface area (TPSA) is 66.6 Å². The van der Waals surface area contributed by atoms with E-state index in [1.165, 1.54) is 0 Å². The van der Waals surface area contributed by atoms with Gasteiger partial charge in [0.1, 0.15) is 17.8 Å². The van der Waals surface area contributed by atoms with Crippen molar-refractivity contribution in [3.05, 3.63) is 66.2 Å². The highest BCUT2D eigenvalue weighted by Crippen LogP contribution is 2.34. The second kappa shape index (κ2) is 6.09. The average Bonchev–Trinajstić information content (AvgIpc) is 3.27. The lowest BCUT2D eigenvalue weighted by atomic mass is 10.1. The predicted octanol–water partition coefficient (Wildman–Crippen LogP) is 3.47. The van der Waals surface area contributed by atoms with Crippen LogP contribution in [0.3, 0.4) is 0 Å². The zero-order chi connectivity index (χ0) is 16.5. The molecule has 1 aliphatic heterocycles. The lowest BCUT2D eigenvalue weighted by Gasteiger charge is -2.29. The molecule has 3 aromatic rings. The van der Waals surface area contributed by atoms with E-state index in [9.17, 15) is 9.90 Å². The Labute approximate surface area is 139 Å². The van der Waals surface area contributed by atoms with Crippen molar-refractivity contribution in [3.63, 3.8) is 0 Å². The summed E-state index contributed by atoms with van der Waals surface area (Å²) in [6, 6.07) is 14.8. The summed E-state index contributed by atoms with van der Waals surface area (Å²) in [4.78, 5) is 18.4. The zero-order valence-electron chi connectivity index (χ0n) is 13.1. The van der Waals surface area contributed by atoms with Crippen LogP contribution in [0.1, 0.15) is 30.3 Å². The lowest BCUT2D eigenvalue weighted by molar-refractivity contribution is -0.142. The Bertz CT molecular complexity index is 860. The van der Waals surface area contributed by atoms with Crippen LogP contribution in [0.25, 0.3) is 10.9 Å². The smallest absolute Gasteiger partial charge is 0.320 e. The number of fused-ring (bicyclic) bond motifs is 1. The highest BCUT2D eigenvalue weighted by Gasteiger charge is 2.38. The van der Waals surface area contributed by atoms with Crippen molar-refractivity contribution >= 4 is 16.9 Å². The molecule has 2 atom stereocenters. The summed E-state index contributed by atoms with van der Waals surface area (Å²) in [5.74, 6) is -0.0595. The van der Waals surface area contributed by atoms with Crippen LogP contribution in [0.15, 0.2) is 59.2 Å². The fourth-order valence-electron chi connectivity index (χ4n) is 3.52. The number of benzene rings is 1. The molecule has 24 heavy (non-hydrogen) atoms. The number of nitrogens with zero attached hydrogens (tertiary/aromatic N) is 2. The first-order valence-electron chi connectivity index (χ1n) is 8.12. The number of pyridine rings is 1. The largest absolute Gasteiger partial charge is 0.480 e. The molecule has 0 bridgehead atoms. The number of hydrogen-bond acceptors (Lipinski definition) is 4. The summed E-state index contributed by atoms with van der Waals surface area (Å²) in [6.45, 7) is 0.719. The van der Waals surface area contributed by atoms with Gasteiger partial charge in [-0.2, -0.15) is 0 Å². The highest BCUT2D eigenvalue weighted by atomic mass is 16.4. The number of para-hydroxylation sites is 1. The van der Waals surface area contributed by atoms with Gasteiger partial charge >= 0.3 is 5.97 Å². The number of carboxylic acid groups (broad SMARTS) is 1. The number of aliphatic carboxylic acids is 1. The van der Waals surface area contributed by atoms with Gasteiger partial charge in [0, 0.05) is 11.9 Å². The van der Waals surface area contributed by atoms with E-state index in [1.54, 1.807) is 6.26 Å². The average molecular weight is 322 g/mol. The standard InChI is InChI=1S/C19H18N2O3/c22-19(23)16-7-3-11-21(16)18(17-8-4-12-24-17)15-10-9-13-5-1-2-6-14(13)20-15/h1-2,4-6,8-10,12,16,18H,3,7,11H2,(H,22,23). The minimum atomic E-state index is -0.787. The Kier molecular flexibility index (Phi) is 3.78. The van der Waals surface area contributed by atoms with Crippen LogP contribution in [0.5, 0.6) is 0 Å². The maximum Gasteiger partial charge on any atom is 0.320 e. The molecular formula is C19H18N2O3. The molecule has 1 N–H and O–H groups in total. The van der Waals surface area contributed by atoms with Crippen molar-refractivity contribution < 1.29 is 14.3 Å². The second-order valence-electron chi connectivity index (χ2n) is 6.08. The van der Waals surface area contributed by atoms with E-state index in [4.69, 9.17) is 9.40 Å². The summed E-state index contributed by atoms with van der Waals surface area (Å²) in [6.07, 6.45) is 3.14. The third-order valence-electron chi connectivity index (χ3n) is 4.62. The van der Waals surface area contributed by atoms with E-state index in [2.05, 4.69) is 0 Å². The molecule has 1 fully saturated rings. The molecule has 2 aromatic heterocycles. The SMILES string of the molecule is O=C(O)C1CCCN1C(c1ccc2ccccc2n1)c1ccco1. The lowest BCUT2D eigenvalue weighted by Crippen LogP contribution is -2.39. The van der Waals surface area contributed by atoms with Gasteiger partial charge in [0.05, 0.1) is 17.5 Å². The summed E-state index contributed by atoms with van der Waals surface area (Å²) in [5.41, 5.74) is 1.72. The van der Waals surface area contributed by atoms with Gasteiger partial charge in [0.2, 0.25) is 0 Å². The molecule has 0 radical (unpaired) electrons. The van der Waals surface area contributed by atoms with Crippen LogP contribution < -0.4 is 0 Å². The molecule has 2 unspecified atom stereocenters. The Morgan fingerprint density at radius 2 is 2.08 bits per heavy atom. The second-order valence-corrected chi connectivity index (χ2v) is 6.08. The molecule has 0 amide bonds. The molecule has 5 nitrogen and oxygen atoms in total. The van der Waals surface area contributed by atoms with Crippen molar-refractivity contribution in [2.45, 2.75) is 24.9 Å². The molecule has 5 heteroatoms. The van der Waals surface area contributed by atoms with Crippen molar-refractivity contribution in [2.75, 3.05) is 6.54 Å². The molecule has 0 saturated carbocycles. The maximum absolute atomic E-state index is 11.6. The van der Waals surface area contributed by atoms with E-state index >= 15 is 0 Å². The minimum Gasteiger partial charge on any atom is -0.480 e. The first-order valence-corrected chi connectivity index (χ1v) is 8.12. The number of aromatic nitrogens is 1. The molecule has 122 valence electrons. The highest BCUT2D eigenvalue weighted by molar-refractivity contribution is 5.78. The fourth-order valence-corrected chi connectivity index (χ4v) is 3.52. The van der Waals surface area contributed by atoms with E-state index in [0.29, 0.717) is 6.42 Å². The van der Waals surface area contributed by atoms with Crippen LogP contribution >= 0.6 is 0 Å². The van der Waals surface area contributed by atoms with Gasteiger partial charge < -0.3 is 9.52 Å². The number of carbonyl (C=O) groups is 1. The maximum atomic E-state index is 11.6. The quantitative estimate of drug-likeness (QED) is 0.797. The fraction of sp³-hybridized carbons (Fsp3) is 0.263. The van der Waals surface area contributed by atoms with Gasteiger partial charge in [-0.25, -0.2) is 0 Å². The molecule has 1 aliphatic rings. The monoisotopic (exact) mass is 322 g/mol. The van der Waals surface area contributed by atoms with Crippen LogP contribution in [0, 0.1) is 0 Å². The molecule has 1 aromatic carbocycles. The first-order chi connectivity index (χ1) is 11.7. The molecule has 4 rings (SSSR count). The number of carboxylic acids is 1. The van der Waals surface area contributed by atoms with Gasteiger partial charge in [0.15, 0.2) is 0 Å². The van der Waals surface area contributed by atoms with E-state index in [0.717, 1.165) is 35.3 Å².